The van der Waals surface area contributed by atoms with Gasteiger partial charge in [0.25, 0.3) is 5.91 Å². The molecule has 1 N–H and O–H groups in total. The fourth-order valence-electron chi connectivity index (χ4n) is 1.47. The number of aryl methyl sites for hydroxylation is 1. The number of aromatic nitrogens is 1. The van der Waals surface area contributed by atoms with Crippen LogP contribution in [0.25, 0.3) is 0 Å². The first-order valence-corrected chi connectivity index (χ1v) is 6.56. The summed E-state index contributed by atoms with van der Waals surface area (Å²) in [6, 6.07) is 5.91. The van der Waals surface area contributed by atoms with Crippen molar-refractivity contribution in [2.45, 2.75) is 6.92 Å². The Hall–Kier alpha value is -2.05. The molecule has 110 valence electrons. The summed E-state index contributed by atoms with van der Waals surface area (Å²) in [5.41, 5.74) is 0.0919. The molecule has 0 aliphatic heterocycles. The van der Waals surface area contributed by atoms with E-state index in [-0.39, 0.29) is 16.4 Å². The predicted octanol–water partition coefficient (Wildman–Crippen LogP) is 3.09. The number of nitrogens with zero attached hydrogens (tertiary/aromatic N) is 1. The summed E-state index contributed by atoms with van der Waals surface area (Å²) >= 11 is 11.6. The third-order valence-corrected chi connectivity index (χ3v) is 2.94. The molecule has 0 atom stereocenters. The van der Waals surface area contributed by atoms with Crippen molar-refractivity contribution in [3.63, 3.8) is 0 Å². The second-order valence-corrected chi connectivity index (χ2v) is 4.91. The van der Waals surface area contributed by atoms with Crippen molar-refractivity contribution in [1.29, 1.82) is 0 Å². The van der Waals surface area contributed by atoms with Crippen molar-refractivity contribution in [3.8, 4) is 0 Å². The molecule has 0 bridgehead atoms. The fraction of sp³-hybridized carbons (Fsp3) is 0.154. The van der Waals surface area contributed by atoms with Crippen LogP contribution in [0, 0.1) is 6.92 Å². The van der Waals surface area contributed by atoms with Gasteiger partial charge in [0.2, 0.25) is 0 Å². The molecule has 1 amide bonds. The molecule has 0 aliphatic carbocycles. The van der Waals surface area contributed by atoms with Crippen LogP contribution in [0.4, 0.5) is 5.82 Å². The van der Waals surface area contributed by atoms with Crippen molar-refractivity contribution in [3.05, 3.63) is 45.6 Å². The average Bonchev–Trinajstić information content (AvgIpc) is 2.84. The highest BCUT2D eigenvalue weighted by Crippen LogP contribution is 2.21. The Labute approximate surface area is 130 Å². The number of benzene rings is 1. The molecule has 1 aromatic heterocycles. The van der Waals surface area contributed by atoms with Crippen LogP contribution >= 0.6 is 23.2 Å². The van der Waals surface area contributed by atoms with Crippen LogP contribution in [0.1, 0.15) is 16.1 Å². The SMILES string of the molecule is Cc1cc(NC(=O)COC(=O)c2cc(Cl)ccc2Cl)no1. The maximum Gasteiger partial charge on any atom is 0.340 e. The molecule has 0 aliphatic rings. The number of anilines is 1. The summed E-state index contributed by atoms with van der Waals surface area (Å²) in [6.07, 6.45) is 0. The van der Waals surface area contributed by atoms with Gasteiger partial charge in [0.15, 0.2) is 12.4 Å². The Balaban J connectivity index is 1.91. The Kier molecular flexibility index (Phi) is 4.82. The molecular weight excluding hydrogens is 319 g/mol. The molecule has 8 heteroatoms. The van der Waals surface area contributed by atoms with E-state index in [2.05, 4.69) is 10.5 Å². The van der Waals surface area contributed by atoms with Crippen molar-refractivity contribution in [2.24, 2.45) is 0 Å². The van der Waals surface area contributed by atoms with Crippen LogP contribution in [0.15, 0.2) is 28.8 Å². The molecule has 0 radical (unpaired) electrons. The maximum absolute atomic E-state index is 11.8. The van der Waals surface area contributed by atoms with Crippen molar-refractivity contribution in [1.82, 2.24) is 5.16 Å². The lowest BCUT2D eigenvalue weighted by molar-refractivity contribution is -0.119. The minimum Gasteiger partial charge on any atom is -0.452 e. The van der Waals surface area contributed by atoms with Gasteiger partial charge < -0.3 is 14.6 Å². The van der Waals surface area contributed by atoms with Crippen LogP contribution in [0.2, 0.25) is 10.0 Å². The predicted molar refractivity (Wildman–Crippen MR) is 76.6 cm³/mol. The van der Waals surface area contributed by atoms with E-state index in [1.807, 2.05) is 0 Å². The zero-order valence-electron chi connectivity index (χ0n) is 10.9. The Bertz CT molecular complexity index is 685. The number of hydrogen-bond donors (Lipinski definition) is 1. The molecular formula is C13H10Cl2N2O4. The Morgan fingerprint density at radius 3 is 2.76 bits per heavy atom. The average molecular weight is 329 g/mol. The van der Waals surface area contributed by atoms with E-state index in [1.54, 1.807) is 13.0 Å². The summed E-state index contributed by atoms with van der Waals surface area (Å²) in [5, 5.41) is 6.53. The number of ether oxygens (including phenoxy) is 1. The zero-order chi connectivity index (χ0) is 15.4. The lowest BCUT2D eigenvalue weighted by Gasteiger charge is -2.06. The zero-order valence-corrected chi connectivity index (χ0v) is 12.4. The van der Waals surface area contributed by atoms with Crippen LogP contribution < -0.4 is 5.32 Å². The molecule has 2 aromatic rings. The van der Waals surface area contributed by atoms with Crippen LogP contribution in [-0.4, -0.2) is 23.6 Å². The van der Waals surface area contributed by atoms with Gasteiger partial charge in [-0.2, -0.15) is 0 Å². The summed E-state index contributed by atoms with van der Waals surface area (Å²) in [4.78, 5) is 23.4. The lowest BCUT2D eigenvalue weighted by atomic mass is 10.2. The van der Waals surface area contributed by atoms with E-state index in [4.69, 9.17) is 32.5 Å². The topological polar surface area (TPSA) is 81.4 Å². The van der Waals surface area contributed by atoms with Gasteiger partial charge in [-0.05, 0) is 25.1 Å². The number of carbonyl (C=O) groups excluding carboxylic acids is 2. The van der Waals surface area contributed by atoms with Gasteiger partial charge in [-0.1, -0.05) is 28.4 Å². The number of halogens is 2. The maximum atomic E-state index is 11.8. The highest BCUT2D eigenvalue weighted by Gasteiger charge is 2.15. The molecule has 1 heterocycles. The molecule has 6 nitrogen and oxygen atoms in total. The minimum absolute atomic E-state index is 0.0919. The molecule has 0 saturated carbocycles. The molecule has 0 saturated heterocycles. The quantitative estimate of drug-likeness (QED) is 0.872. The smallest absolute Gasteiger partial charge is 0.340 e. The second kappa shape index (κ2) is 6.60. The van der Waals surface area contributed by atoms with Crippen molar-refractivity contribution < 1.29 is 18.8 Å². The summed E-state index contributed by atoms with van der Waals surface area (Å²) in [5.74, 6) is -0.494. The first-order chi connectivity index (χ1) is 9.95. The van der Waals surface area contributed by atoms with Gasteiger partial charge >= 0.3 is 5.97 Å². The number of rotatable bonds is 4. The third-order valence-electron chi connectivity index (χ3n) is 2.38. The molecule has 0 unspecified atom stereocenters. The molecule has 1 aromatic carbocycles. The molecule has 0 spiro atoms. The first kappa shape index (κ1) is 15.3. The number of hydrogen-bond acceptors (Lipinski definition) is 5. The summed E-state index contributed by atoms with van der Waals surface area (Å²) in [7, 11) is 0. The summed E-state index contributed by atoms with van der Waals surface area (Å²) in [6.45, 7) is 1.21. The number of nitrogens with one attached hydrogen (secondary N) is 1. The van der Waals surface area contributed by atoms with Crippen LogP contribution in [0.3, 0.4) is 0 Å². The van der Waals surface area contributed by atoms with E-state index >= 15 is 0 Å². The van der Waals surface area contributed by atoms with Gasteiger partial charge in [-0.15, -0.1) is 0 Å². The van der Waals surface area contributed by atoms with Gasteiger partial charge in [0.05, 0.1) is 10.6 Å². The monoisotopic (exact) mass is 328 g/mol. The van der Waals surface area contributed by atoms with E-state index in [0.29, 0.717) is 10.8 Å². The van der Waals surface area contributed by atoms with E-state index in [9.17, 15) is 9.59 Å². The molecule has 21 heavy (non-hydrogen) atoms. The Morgan fingerprint density at radius 2 is 2.10 bits per heavy atom. The van der Waals surface area contributed by atoms with Gasteiger partial charge in [-0.3, -0.25) is 4.79 Å². The van der Waals surface area contributed by atoms with Crippen molar-refractivity contribution in [2.75, 3.05) is 11.9 Å². The largest absolute Gasteiger partial charge is 0.452 e. The molecule has 0 fully saturated rings. The van der Waals surface area contributed by atoms with Crippen LogP contribution in [0.5, 0.6) is 0 Å². The van der Waals surface area contributed by atoms with E-state index in [1.165, 1.54) is 18.2 Å². The first-order valence-electron chi connectivity index (χ1n) is 5.81. The number of amides is 1. The minimum atomic E-state index is -0.742. The standard InChI is InChI=1S/C13H10Cl2N2O4/c1-7-4-11(17-21-7)16-12(18)6-20-13(19)9-5-8(14)2-3-10(9)15/h2-5H,6H2,1H3,(H,16,17,18). The van der Waals surface area contributed by atoms with E-state index in [0.717, 1.165) is 0 Å². The van der Waals surface area contributed by atoms with E-state index < -0.39 is 18.5 Å². The second-order valence-electron chi connectivity index (χ2n) is 4.07. The van der Waals surface area contributed by atoms with Gasteiger partial charge in [0.1, 0.15) is 5.76 Å². The number of esters is 1. The number of carbonyl (C=O) groups is 2. The highest BCUT2D eigenvalue weighted by molar-refractivity contribution is 6.35. The fourth-order valence-corrected chi connectivity index (χ4v) is 1.83. The highest BCUT2D eigenvalue weighted by atomic mass is 35.5. The summed E-state index contributed by atoms with van der Waals surface area (Å²) < 4.78 is 9.64. The normalized spacial score (nSPS) is 10.2. The van der Waals surface area contributed by atoms with Gasteiger partial charge in [0, 0.05) is 11.1 Å². The van der Waals surface area contributed by atoms with Gasteiger partial charge in [-0.25, -0.2) is 4.79 Å². The van der Waals surface area contributed by atoms with Crippen LogP contribution in [-0.2, 0) is 9.53 Å². The lowest BCUT2D eigenvalue weighted by Crippen LogP contribution is -2.21. The Morgan fingerprint density at radius 1 is 1.33 bits per heavy atom. The third kappa shape index (κ3) is 4.21. The molecule has 2 rings (SSSR count). The van der Waals surface area contributed by atoms with Crippen molar-refractivity contribution >= 4 is 40.9 Å².